The molecule has 1 rings (SSSR count). The number of allylic oxidation sites excluding steroid dienone is 1. The van der Waals surface area contributed by atoms with E-state index in [1.165, 1.54) is 17.7 Å². The van der Waals surface area contributed by atoms with Gasteiger partial charge in [-0.25, -0.2) is 0 Å². The first kappa shape index (κ1) is 9.47. The van der Waals surface area contributed by atoms with Crippen LogP contribution in [0.15, 0.2) is 12.2 Å². The Bertz CT molecular complexity index is 163. The zero-order valence-electron chi connectivity index (χ0n) is 7.19. The van der Waals surface area contributed by atoms with E-state index in [2.05, 4.69) is 20.4 Å². The molecule has 1 aliphatic rings. The number of halogens is 1. The lowest BCUT2D eigenvalue weighted by atomic mass is 9.87. The van der Waals surface area contributed by atoms with E-state index in [-0.39, 0.29) is 0 Å². The van der Waals surface area contributed by atoms with Gasteiger partial charge in [0.2, 0.25) is 0 Å². The SMILES string of the molecule is C=C(CCl)C1CCSC1(C)C. The normalized spacial score (nSPS) is 28.8. The Balaban J connectivity index is 2.64. The molecule has 0 N–H and O–H groups in total. The van der Waals surface area contributed by atoms with Crippen molar-refractivity contribution in [2.45, 2.75) is 25.0 Å². The first-order valence-electron chi connectivity index (χ1n) is 3.95. The predicted molar refractivity (Wildman–Crippen MR) is 54.5 cm³/mol. The molecule has 0 aromatic carbocycles. The van der Waals surface area contributed by atoms with E-state index in [1.807, 2.05) is 11.8 Å². The third-order valence-corrected chi connectivity index (χ3v) is 4.20. The molecule has 1 heterocycles. The number of hydrogen-bond acceptors (Lipinski definition) is 1. The maximum absolute atomic E-state index is 5.75. The van der Waals surface area contributed by atoms with E-state index in [1.54, 1.807) is 0 Å². The van der Waals surface area contributed by atoms with Gasteiger partial charge in [-0.3, -0.25) is 0 Å². The molecule has 0 aromatic heterocycles. The maximum Gasteiger partial charge on any atom is 0.0434 e. The van der Waals surface area contributed by atoms with Crippen LogP contribution >= 0.6 is 23.4 Å². The van der Waals surface area contributed by atoms with Crippen LogP contribution in [0.2, 0.25) is 0 Å². The topological polar surface area (TPSA) is 0 Å². The van der Waals surface area contributed by atoms with Gasteiger partial charge in [0.15, 0.2) is 0 Å². The molecule has 2 heteroatoms. The molecule has 0 spiro atoms. The molecule has 0 bridgehead atoms. The Morgan fingerprint density at radius 2 is 2.36 bits per heavy atom. The maximum atomic E-state index is 5.75. The Kier molecular flexibility index (Phi) is 2.93. The van der Waals surface area contributed by atoms with Crippen molar-refractivity contribution in [1.82, 2.24) is 0 Å². The van der Waals surface area contributed by atoms with Crippen LogP contribution in [-0.4, -0.2) is 16.4 Å². The molecule has 0 saturated carbocycles. The smallest absolute Gasteiger partial charge is 0.0434 e. The van der Waals surface area contributed by atoms with Crippen molar-refractivity contribution in [2.75, 3.05) is 11.6 Å². The average Bonchev–Trinajstić information content (AvgIpc) is 2.28. The van der Waals surface area contributed by atoms with Gasteiger partial charge < -0.3 is 0 Å². The summed E-state index contributed by atoms with van der Waals surface area (Å²) in [6.45, 7) is 8.58. The van der Waals surface area contributed by atoms with Gasteiger partial charge in [-0.05, 0) is 18.1 Å². The third kappa shape index (κ3) is 1.94. The molecule has 1 fully saturated rings. The van der Waals surface area contributed by atoms with Crippen molar-refractivity contribution in [1.29, 1.82) is 0 Å². The van der Waals surface area contributed by atoms with Crippen molar-refractivity contribution < 1.29 is 0 Å². The summed E-state index contributed by atoms with van der Waals surface area (Å²) in [5, 5.41) is 0. The number of hydrogen-bond donors (Lipinski definition) is 0. The molecule has 1 unspecified atom stereocenters. The van der Waals surface area contributed by atoms with Gasteiger partial charge >= 0.3 is 0 Å². The van der Waals surface area contributed by atoms with Gasteiger partial charge in [0.25, 0.3) is 0 Å². The van der Waals surface area contributed by atoms with Gasteiger partial charge in [-0.15, -0.1) is 11.6 Å². The minimum atomic E-state index is 0.367. The molecular formula is C9H15ClS. The Hall–Kier alpha value is 0.380. The highest BCUT2D eigenvalue weighted by molar-refractivity contribution is 8.00. The quantitative estimate of drug-likeness (QED) is 0.476. The lowest BCUT2D eigenvalue weighted by Crippen LogP contribution is -2.23. The van der Waals surface area contributed by atoms with Crippen LogP contribution in [0.1, 0.15) is 20.3 Å². The number of alkyl halides is 1. The van der Waals surface area contributed by atoms with E-state index >= 15 is 0 Å². The summed E-state index contributed by atoms with van der Waals surface area (Å²) in [6.07, 6.45) is 1.25. The van der Waals surface area contributed by atoms with E-state index < -0.39 is 0 Å². The van der Waals surface area contributed by atoms with Crippen LogP contribution < -0.4 is 0 Å². The molecule has 0 aliphatic carbocycles. The minimum absolute atomic E-state index is 0.367. The van der Waals surface area contributed by atoms with Crippen molar-refractivity contribution in [3.05, 3.63) is 12.2 Å². The molecule has 1 aliphatic heterocycles. The van der Waals surface area contributed by atoms with E-state index in [4.69, 9.17) is 11.6 Å². The highest BCUT2D eigenvalue weighted by atomic mass is 35.5. The number of thioether (sulfide) groups is 1. The lowest BCUT2D eigenvalue weighted by molar-refractivity contribution is 0.504. The van der Waals surface area contributed by atoms with Crippen molar-refractivity contribution in [2.24, 2.45) is 5.92 Å². The van der Waals surface area contributed by atoms with Gasteiger partial charge in [0.05, 0.1) is 0 Å². The second-order valence-corrected chi connectivity index (χ2v) is 5.60. The fraction of sp³-hybridized carbons (Fsp3) is 0.778. The molecule has 1 atom stereocenters. The van der Waals surface area contributed by atoms with Crippen LogP contribution in [0.3, 0.4) is 0 Å². The second-order valence-electron chi connectivity index (χ2n) is 3.59. The van der Waals surface area contributed by atoms with Crippen LogP contribution in [0, 0.1) is 5.92 Å². The van der Waals surface area contributed by atoms with Gasteiger partial charge in [0, 0.05) is 10.6 Å². The van der Waals surface area contributed by atoms with Crippen LogP contribution in [0.5, 0.6) is 0 Å². The zero-order chi connectivity index (χ0) is 8.48. The van der Waals surface area contributed by atoms with Gasteiger partial charge in [-0.2, -0.15) is 11.8 Å². The molecule has 0 nitrogen and oxygen atoms in total. The Morgan fingerprint density at radius 1 is 1.73 bits per heavy atom. The standard InChI is InChI=1S/C9H15ClS/c1-7(6-10)8-4-5-11-9(8,2)3/h8H,1,4-6H2,2-3H3. The summed E-state index contributed by atoms with van der Waals surface area (Å²) in [5.41, 5.74) is 1.21. The molecular weight excluding hydrogens is 176 g/mol. The van der Waals surface area contributed by atoms with Crippen LogP contribution in [-0.2, 0) is 0 Å². The average molecular weight is 191 g/mol. The van der Waals surface area contributed by atoms with Crippen molar-refractivity contribution in [3.8, 4) is 0 Å². The van der Waals surface area contributed by atoms with Gasteiger partial charge in [-0.1, -0.05) is 26.0 Å². The van der Waals surface area contributed by atoms with Crippen molar-refractivity contribution in [3.63, 3.8) is 0 Å². The van der Waals surface area contributed by atoms with E-state index in [0.717, 1.165) is 0 Å². The first-order chi connectivity index (χ1) is 5.08. The molecule has 11 heavy (non-hydrogen) atoms. The summed E-state index contributed by atoms with van der Waals surface area (Å²) in [4.78, 5) is 0. The monoisotopic (exact) mass is 190 g/mol. The first-order valence-corrected chi connectivity index (χ1v) is 5.47. The van der Waals surface area contributed by atoms with Crippen LogP contribution in [0.4, 0.5) is 0 Å². The summed E-state index contributed by atoms with van der Waals surface area (Å²) in [5.74, 6) is 2.51. The largest absolute Gasteiger partial charge is 0.155 e. The summed E-state index contributed by atoms with van der Waals surface area (Å²) < 4.78 is 0.367. The Labute approximate surface area is 78.4 Å². The zero-order valence-corrected chi connectivity index (χ0v) is 8.76. The van der Waals surface area contributed by atoms with E-state index in [0.29, 0.717) is 16.5 Å². The third-order valence-electron chi connectivity index (χ3n) is 2.38. The number of rotatable bonds is 2. The highest BCUT2D eigenvalue weighted by Crippen LogP contribution is 2.45. The lowest BCUT2D eigenvalue weighted by Gasteiger charge is -2.26. The minimum Gasteiger partial charge on any atom is -0.155 e. The fourth-order valence-electron chi connectivity index (χ4n) is 1.68. The van der Waals surface area contributed by atoms with Crippen molar-refractivity contribution >= 4 is 23.4 Å². The molecule has 0 amide bonds. The summed E-state index contributed by atoms with van der Waals surface area (Å²) in [6, 6.07) is 0. The Morgan fingerprint density at radius 3 is 2.73 bits per heavy atom. The summed E-state index contributed by atoms with van der Waals surface area (Å²) in [7, 11) is 0. The predicted octanol–water partition coefficient (Wildman–Crippen LogP) is 3.31. The van der Waals surface area contributed by atoms with Crippen LogP contribution in [0.25, 0.3) is 0 Å². The fourth-order valence-corrected chi connectivity index (χ4v) is 3.23. The summed E-state index contributed by atoms with van der Waals surface area (Å²) >= 11 is 7.78. The highest BCUT2D eigenvalue weighted by Gasteiger charge is 2.36. The molecule has 64 valence electrons. The molecule has 1 saturated heterocycles. The molecule has 0 aromatic rings. The molecule has 0 radical (unpaired) electrons. The van der Waals surface area contributed by atoms with E-state index in [9.17, 15) is 0 Å². The second kappa shape index (κ2) is 3.40. The van der Waals surface area contributed by atoms with Gasteiger partial charge in [0.1, 0.15) is 0 Å².